The van der Waals surface area contributed by atoms with Crippen LogP contribution in [0.2, 0.25) is 0 Å². The van der Waals surface area contributed by atoms with E-state index in [0.29, 0.717) is 6.42 Å². The number of aliphatic hydroxyl groups excluding tert-OH is 1. The van der Waals surface area contributed by atoms with Crippen molar-refractivity contribution in [2.75, 3.05) is 0 Å². The molecule has 0 aromatic carbocycles. The Morgan fingerprint density at radius 2 is 1.77 bits per heavy atom. The predicted molar refractivity (Wildman–Crippen MR) is 53.5 cm³/mol. The molecule has 1 saturated carbocycles. The number of rotatable bonds is 3. The molecular weight excluding hydrogens is 164 g/mol. The van der Waals surface area contributed by atoms with Crippen molar-refractivity contribution >= 4 is 0 Å². The Morgan fingerprint density at radius 3 is 2.23 bits per heavy atom. The van der Waals surface area contributed by atoms with Gasteiger partial charge in [-0.3, -0.25) is 0 Å². The minimum atomic E-state index is -0.843. The second kappa shape index (κ2) is 4.77. The Hall–Kier alpha value is -0.340. The summed E-state index contributed by atoms with van der Waals surface area (Å²) in [6.07, 6.45) is 7.46. The van der Waals surface area contributed by atoms with Crippen LogP contribution >= 0.6 is 0 Å². The first-order valence-corrected chi connectivity index (χ1v) is 5.20. The van der Waals surface area contributed by atoms with E-state index in [2.05, 4.69) is 6.58 Å². The standard InChI is InChI=1S/C11H20O2/c1-2-7-10(12)11(13)8-5-3-4-6-9-11/h2,10,12-13H,1,3-9H2. The van der Waals surface area contributed by atoms with E-state index in [1.54, 1.807) is 6.08 Å². The lowest BCUT2D eigenvalue weighted by atomic mass is 9.87. The zero-order valence-corrected chi connectivity index (χ0v) is 8.21. The molecule has 2 nitrogen and oxygen atoms in total. The normalized spacial score (nSPS) is 24.8. The van der Waals surface area contributed by atoms with Gasteiger partial charge in [-0.1, -0.05) is 31.8 Å². The van der Waals surface area contributed by atoms with Gasteiger partial charge < -0.3 is 10.2 Å². The predicted octanol–water partition coefficient (Wildman–Crippen LogP) is 2.01. The fraction of sp³-hybridized carbons (Fsp3) is 0.818. The van der Waals surface area contributed by atoms with Crippen LogP contribution in [0.1, 0.15) is 44.9 Å². The summed E-state index contributed by atoms with van der Waals surface area (Å²) in [5.41, 5.74) is -0.843. The van der Waals surface area contributed by atoms with Crippen molar-refractivity contribution in [3.63, 3.8) is 0 Å². The monoisotopic (exact) mass is 184 g/mol. The largest absolute Gasteiger partial charge is 0.390 e. The number of aliphatic hydroxyl groups is 2. The molecule has 0 aliphatic heterocycles. The second-order valence-electron chi connectivity index (χ2n) is 4.06. The van der Waals surface area contributed by atoms with Gasteiger partial charge in [-0.15, -0.1) is 6.58 Å². The van der Waals surface area contributed by atoms with Crippen molar-refractivity contribution in [2.45, 2.75) is 56.7 Å². The molecule has 76 valence electrons. The van der Waals surface area contributed by atoms with E-state index in [1.165, 1.54) is 12.8 Å². The van der Waals surface area contributed by atoms with Crippen LogP contribution in [0.5, 0.6) is 0 Å². The molecule has 0 bridgehead atoms. The maximum atomic E-state index is 10.2. The van der Waals surface area contributed by atoms with Gasteiger partial charge in [-0.2, -0.15) is 0 Å². The molecular formula is C11H20O2. The highest BCUT2D eigenvalue weighted by Gasteiger charge is 2.34. The molecule has 1 fully saturated rings. The van der Waals surface area contributed by atoms with Gasteiger partial charge in [0.2, 0.25) is 0 Å². The van der Waals surface area contributed by atoms with Crippen LogP contribution in [0, 0.1) is 0 Å². The minimum Gasteiger partial charge on any atom is -0.390 e. The highest BCUT2D eigenvalue weighted by molar-refractivity contribution is 4.91. The Kier molecular flexibility index (Phi) is 3.94. The molecule has 1 aliphatic carbocycles. The van der Waals surface area contributed by atoms with Gasteiger partial charge in [-0.25, -0.2) is 0 Å². The van der Waals surface area contributed by atoms with Gasteiger partial charge in [-0.05, 0) is 19.3 Å². The first kappa shape index (κ1) is 10.7. The smallest absolute Gasteiger partial charge is 0.0908 e. The van der Waals surface area contributed by atoms with Crippen LogP contribution in [0.3, 0.4) is 0 Å². The van der Waals surface area contributed by atoms with Crippen LogP contribution < -0.4 is 0 Å². The van der Waals surface area contributed by atoms with Crippen molar-refractivity contribution in [3.8, 4) is 0 Å². The molecule has 0 aromatic heterocycles. The van der Waals surface area contributed by atoms with E-state index < -0.39 is 11.7 Å². The molecule has 0 amide bonds. The Bertz CT molecular complexity index is 157. The van der Waals surface area contributed by atoms with Crippen LogP contribution in [0.25, 0.3) is 0 Å². The molecule has 1 atom stereocenters. The fourth-order valence-electron chi connectivity index (χ4n) is 2.05. The van der Waals surface area contributed by atoms with E-state index >= 15 is 0 Å². The molecule has 13 heavy (non-hydrogen) atoms. The molecule has 0 spiro atoms. The number of hydrogen-bond acceptors (Lipinski definition) is 2. The van der Waals surface area contributed by atoms with Gasteiger partial charge in [0, 0.05) is 0 Å². The maximum absolute atomic E-state index is 10.2. The molecule has 0 saturated heterocycles. The summed E-state index contributed by atoms with van der Waals surface area (Å²) in [5, 5.41) is 19.9. The highest BCUT2D eigenvalue weighted by Crippen LogP contribution is 2.31. The minimum absolute atomic E-state index is 0.497. The van der Waals surface area contributed by atoms with Crippen LogP contribution in [-0.2, 0) is 0 Å². The zero-order chi connectivity index (χ0) is 9.73. The van der Waals surface area contributed by atoms with Crippen molar-refractivity contribution in [2.24, 2.45) is 0 Å². The van der Waals surface area contributed by atoms with Gasteiger partial charge in [0.25, 0.3) is 0 Å². The molecule has 1 unspecified atom stereocenters. The average molecular weight is 184 g/mol. The summed E-state index contributed by atoms with van der Waals surface area (Å²) in [7, 11) is 0. The topological polar surface area (TPSA) is 40.5 Å². The van der Waals surface area contributed by atoms with E-state index in [0.717, 1.165) is 25.7 Å². The summed E-state index contributed by atoms with van der Waals surface area (Å²) >= 11 is 0. The lowest BCUT2D eigenvalue weighted by Crippen LogP contribution is -2.41. The molecule has 2 N–H and O–H groups in total. The van der Waals surface area contributed by atoms with Gasteiger partial charge in [0.15, 0.2) is 0 Å². The Labute approximate surface area is 80.3 Å². The summed E-state index contributed by atoms with van der Waals surface area (Å²) < 4.78 is 0. The molecule has 1 rings (SSSR count). The molecule has 0 heterocycles. The summed E-state index contributed by atoms with van der Waals surface area (Å²) in [6, 6.07) is 0. The third-order valence-corrected chi connectivity index (χ3v) is 2.98. The van der Waals surface area contributed by atoms with Crippen molar-refractivity contribution < 1.29 is 10.2 Å². The zero-order valence-electron chi connectivity index (χ0n) is 8.21. The van der Waals surface area contributed by atoms with E-state index in [4.69, 9.17) is 0 Å². The fourth-order valence-corrected chi connectivity index (χ4v) is 2.05. The van der Waals surface area contributed by atoms with Gasteiger partial charge in [0.05, 0.1) is 11.7 Å². The lowest BCUT2D eigenvalue weighted by Gasteiger charge is -2.31. The molecule has 0 aromatic rings. The van der Waals surface area contributed by atoms with E-state index in [-0.39, 0.29) is 0 Å². The highest BCUT2D eigenvalue weighted by atomic mass is 16.3. The average Bonchev–Trinajstić information content (AvgIpc) is 2.32. The summed E-state index contributed by atoms with van der Waals surface area (Å²) in [6.45, 7) is 3.58. The van der Waals surface area contributed by atoms with Crippen molar-refractivity contribution in [3.05, 3.63) is 12.7 Å². The molecule has 1 aliphatic rings. The first-order chi connectivity index (χ1) is 6.19. The quantitative estimate of drug-likeness (QED) is 0.520. The Morgan fingerprint density at radius 1 is 1.23 bits per heavy atom. The third-order valence-electron chi connectivity index (χ3n) is 2.98. The van der Waals surface area contributed by atoms with E-state index in [9.17, 15) is 10.2 Å². The van der Waals surface area contributed by atoms with Crippen molar-refractivity contribution in [1.82, 2.24) is 0 Å². The maximum Gasteiger partial charge on any atom is 0.0908 e. The summed E-state index contributed by atoms with van der Waals surface area (Å²) in [5.74, 6) is 0. The van der Waals surface area contributed by atoms with Crippen LogP contribution in [0.15, 0.2) is 12.7 Å². The van der Waals surface area contributed by atoms with Gasteiger partial charge >= 0.3 is 0 Å². The summed E-state index contributed by atoms with van der Waals surface area (Å²) in [4.78, 5) is 0. The molecule has 2 heteroatoms. The Balaban J connectivity index is 2.54. The first-order valence-electron chi connectivity index (χ1n) is 5.20. The third kappa shape index (κ3) is 2.82. The number of hydrogen-bond donors (Lipinski definition) is 2. The van der Waals surface area contributed by atoms with Crippen molar-refractivity contribution in [1.29, 1.82) is 0 Å². The van der Waals surface area contributed by atoms with Crippen LogP contribution in [-0.4, -0.2) is 21.9 Å². The molecule has 0 radical (unpaired) electrons. The SMILES string of the molecule is C=CCC(O)C1(O)CCCCCC1. The van der Waals surface area contributed by atoms with Crippen LogP contribution in [0.4, 0.5) is 0 Å². The van der Waals surface area contributed by atoms with Gasteiger partial charge in [0.1, 0.15) is 0 Å². The second-order valence-corrected chi connectivity index (χ2v) is 4.06. The lowest BCUT2D eigenvalue weighted by molar-refractivity contribution is -0.0825. The van der Waals surface area contributed by atoms with E-state index in [1.807, 2.05) is 0 Å².